The van der Waals surface area contributed by atoms with E-state index in [0.29, 0.717) is 30.8 Å². The van der Waals surface area contributed by atoms with Gasteiger partial charge in [0.1, 0.15) is 0 Å². The molecule has 0 N–H and O–H groups in total. The van der Waals surface area contributed by atoms with E-state index in [4.69, 9.17) is 16.3 Å². The zero-order chi connectivity index (χ0) is 17.9. The molecule has 5 heteroatoms. The Morgan fingerprint density at radius 2 is 1.88 bits per heavy atom. The van der Waals surface area contributed by atoms with E-state index in [2.05, 4.69) is 4.90 Å². The summed E-state index contributed by atoms with van der Waals surface area (Å²) in [4.78, 5) is 17.7. The van der Waals surface area contributed by atoms with Crippen molar-refractivity contribution in [3.63, 3.8) is 0 Å². The minimum absolute atomic E-state index is 0.106. The maximum Gasteiger partial charge on any atom is 0.256 e. The third-order valence-electron chi connectivity index (χ3n) is 4.98. The summed E-state index contributed by atoms with van der Waals surface area (Å²) < 4.78 is 5.46. The summed E-state index contributed by atoms with van der Waals surface area (Å²) in [5.74, 6) is 0.106. The summed E-state index contributed by atoms with van der Waals surface area (Å²) >= 11 is 6.12. The van der Waals surface area contributed by atoms with Gasteiger partial charge in [-0.3, -0.25) is 4.79 Å². The van der Waals surface area contributed by atoms with Crippen molar-refractivity contribution in [2.24, 2.45) is 0 Å². The van der Waals surface area contributed by atoms with Crippen LogP contribution in [-0.4, -0.2) is 43.2 Å². The molecule has 1 saturated carbocycles. The quantitative estimate of drug-likeness (QED) is 0.798. The molecule has 1 aliphatic carbocycles. The van der Waals surface area contributed by atoms with Crippen LogP contribution >= 0.6 is 11.6 Å². The molecule has 0 unspecified atom stereocenters. The Hall–Kier alpha value is -2.04. The van der Waals surface area contributed by atoms with E-state index in [9.17, 15) is 4.79 Å². The molecule has 0 radical (unpaired) electrons. The summed E-state index contributed by atoms with van der Waals surface area (Å²) in [5, 5.41) is 0.708. The van der Waals surface area contributed by atoms with Gasteiger partial charge in [-0.25, -0.2) is 0 Å². The first-order chi connectivity index (χ1) is 12.7. The molecule has 2 fully saturated rings. The Balaban J connectivity index is 1.60. The van der Waals surface area contributed by atoms with Crippen molar-refractivity contribution >= 4 is 23.2 Å². The lowest BCUT2D eigenvalue weighted by atomic mass is 10.1. The number of carbonyl (C=O) groups excluding carboxylic acids is 1. The lowest BCUT2D eigenvalue weighted by Crippen LogP contribution is -2.39. The van der Waals surface area contributed by atoms with Gasteiger partial charge in [-0.15, -0.1) is 0 Å². The molecule has 0 aromatic heterocycles. The number of morpholine rings is 1. The van der Waals surface area contributed by atoms with Crippen molar-refractivity contribution in [1.29, 1.82) is 0 Å². The highest BCUT2D eigenvalue weighted by atomic mass is 35.5. The van der Waals surface area contributed by atoms with Crippen molar-refractivity contribution < 1.29 is 9.53 Å². The van der Waals surface area contributed by atoms with Crippen LogP contribution in [0.25, 0.3) is 0 Å². The van der Waals surface area contributed by atoms with E-state index in [1.807, 2.05) is 53.4 Å². The predicted molar refractivity (Wildman–Crippen MR) is 104 cm³/mol. The van der Waals surface area contributed by atoms with Gasteiger partial charge in [0, 0.05) is 36.4 Å². The van der Waals surface area contributed by atoms with E-state index in [0.717, 1.165) is 42.7 Å². The van der Waals surface area contributed by atoms with E-state index in [1.165, 1.54) is 0 Å². The van der Waals surface area contributed by atoms with Gasteiger partial charge in [0.05, 0.1) is 18.8 Å². The zero-order valence-electron chi connectivity index (χ0n) is 14.7. The van der Waals surface area contributed by atoms with Crippen molar-refractivity contribution in [2.75, 3.05) is 31.2 Å². The largest absolute Gasteiger partial charge is 0.378 e. The molecule has 4 rings (SSSR count). The van der Waals surface area contributed by atoms with Crippen LogP contribution in [0.4, 0.5) is 5.69 Å². The van der Waals surface area contributed by atoms with E-state index in [-0.39, 0.29) is 5.91 Å². The highest BCUT2D eigenvalue weighted by molar-refractivity contribution is 6.30. The molecule has 0 spiro atoms. The molecule has 26 heavy (non-hydrogen) atoms. The molecule has 2 aliphatic rings. The van der Waals surface area contributed by atoms with Crippen molar-refractivity contribution in [3.05, 3.63) is 64.7 Å². The van der Waals surface area contributed by atoms with Gasteiger partial charge in [0.25, 0.3) is 5.91 Å². The van der Waals surface area contributed by atoms with Crippen molar-refractivity contribution in [2.45, 2.75) is 25.4 Å². The van der Waals surface area contributed by atoms with Gasteiger partial charge in [0.15, 0.2) is 0 Å². The summed E-state index contributed by atoms with van der Waals surface area (Å²) in [6, 6.07) is 16.0. The number of rotatable bonds is 5. The minimum Gasteiger partial charge on any atom is -0.378 e. The molecule has 136 valence electrons. The first-order valence-corrected chi connectivity index (χ1v) is 9.57. The number of amides is 1. The third kappa shape index (κ3) is 3.87. The Morgan fingerprint density at radius 3 is 2.62 bits per heavy atom. The smallest absolute Gasteiger partial charge is 0.256 e. The predicted octanol–water partition coefficient (Wildman–Crippen LogP) is 3.98. The second-order valence-electron chi connectivity index (χ2n) is 6.91. The van der Waals surface area contributed by atoms with E-state index in [1.54, 1.807) is 0 Å². The highest BCUT2D eigenvalue weighted by Crippen LogP contribution is 2.32. The summed E-state index contributed by atoms with van der Waals surface area (Å²) in [7, 11) is 0. The van der Waals surface area contributed by atoms with Gasteiger partial charge in [0.2, 0.25) is 0 Å². The molecule has 0 atom stereocenters. The Kier molecular flexibility index (Phi) is 5.14. The van der Waals surface area contributed by atoms with Crippen LogP contribution in [0, 0.1) is 0 Å². The second-order valence-corrected chi connectivity index (χ2v) is 7.35. The Morgan fingerprint density at radius 1 is 1.12 bits per heavy atom. The number of anilines is 1. The number of hydrogen-bond acceptors (Lipinski definition) is 3. The highest BCUT2D eigenvalue weighted by Gasteiger charge is 2.34. The molecule has 2 aromatic rings. The normalized spacial score (nSPS) is 17.2. The molecule has 1 heterocycles. The first kappa shape index (κ1) is 17.4. The standard InChI is InChI=1S/C21H23ClN2O2/c22-17-5-3-4-16(14-17)15-24(18-8-9-18)21(25)19-6-1-2-7-20(19)23-10-12-26-13-11-23/h1-7,14,18H,8-13,15H2. The van der Waals surface area contributed by atoms with Crippen LogP contribution in [0.5, 0.6) is 0 Å². The van der Waals surface area contributed by atoms with Crippen LogP contribution in [-0.2, 0) is 11.3 Å². The monoisotopic (exact) mass is 370 g/mol. The first-order valence-electron chi connectivity index (χ1n) is 9.19. The number of carbonyl (C=O) groups is 1. The van der Waals surface area contributed by atoms with Gasteiger partial charge in [-0.2, -0.15) is 0 Å². The van der Waals surface area contributed by atoms with E-state index >= 15 is 0 Å². The topological polar surface area (TPSA) is 32.8 Å². The summed E-state index contributed by atoms with van der Waals surface area (Å²) in [5.41, 5.74) is 2.86. The van der Waals surface area contributed by atoms with Gasteiger partial charge in [-0.05, 0) is 42.7 Å². The fourth-order valence-electron chi connectivity index (χ4n) is 3.47. The SMILES string of the molecule is O=C(c1ccccc1N1CCOCC1)N(Cc1cccc(Cl)c1)C1CC1. The number of para-hydroxylation sites is 1. The fourth-order valence-corrected chi connectivity index (χ4v) is 3.69. The van der Waals surface area contributed by atoms with Crippen LogP contribution in [0.1, 0.15) is 28.8 Å². The van der Waals surface area contributed by atoms with Gasteiger partial charge >= 0.3 is 0 Å². The fraction of sp³-hybridized carbons (Fsp3) is 0.381. The van der Waals surface area contributed by atoms with Crippen LogP contribution in [0.15, 0.2) is 48.5 Å². The Bertz CT molecular complexity index is 785. The molecule has 1 saturated heterocycles. The van der Waals surface area contributed by atoms with Crippen molar-refractivity contribution in [1.82, 2.24) is 4.90 Å². The maximum atomic E-state index is 13.4. The third-order valence-corrected chi connectivity index (χ3v) is 5.21. The second kappa shape index (κ2) is 7.68. The average Bonchev–Trinajstić information content (AvgIpc) is 3.51. The lowest BCUT2D eigenvalue weighted by Gasteiger charge is -2.31. The van der Waals surface area contributed by atoms with Gasteiger partial charge in [-0.1, -0.05) is 35.9 Å². The van der Waals surface area contributed by atoms with Crippen molar-refractivity contribution in [3.8, 4) is 0 Å². The molecule has 2 aromatic carbocycles. The number of nitrogens with zero attached hydrogens (tertiary/aromatic N) is 2. The molecule has 1 aliphatic heterocycles. The Labute approximate surface area is 159 Å². The van der Waals surface area contributed by atoms with Gasteiger partial charge < -0.3 is 14.5 Å². The average molecular weight is 371 g/mol. The number of ether oxygens (including phenoxy) is 1. The summed E-state index contributed by atoms with van der Waals surface area (Å²) in [6.45, 7) is 3.65. The van der Waals surface area contributed by atoms with Crippen LogP contribution < -0.4 is 4.90 Å². The van der Waals surface area contributed by atoms with Crippen LogP contribution in [0.2, 0.25) is 5.02 Å². The molecule has 4 nitrogen and oxygen atoms in total. The minimum atomic E-state index is 0.106. The van der Waals surface area contributed by atoms with Crippen LogP contribution in [0.3, 0.4) is 0 Å². The molecular formula is C21H23ClN2O2. The lowest BCUT2D eigenvalue weighted by molar-refractivity contribution is 0.0729. The summed E-state index contributed by atoms with van der Waals surface area (Å²) in [6.07, 6.45) is 2.15. The number of halogens is 1. The van der Waals surface area contributed by atoms with E-state index < -0.39 is 0 Å². The molecule has 0 bridgehead atoms. The molecule has 1 amide bonds. The molecular weight excluding hydrogens is 348 g/mol. The number of hydrogen-bond donors (Lipinski definition) is 0. The maximum absolute atomic E-state index is 13.4. The zero-order valence-corrected chi connectivity index (χ0v) is 15.5. The number of benzene rings is 2.